The van der Waals surface area contributed by atoms with Gasteiger partial charge in [0.1, 0.15) is 16.5 Å². The lowest BCUT2D eigenvalue weighted by Gasteiger charge is -2.39. The van der Waals surface area contributed by atoms with E-state index >= 15 is 0 Å². The van der Waals surface area contributed by atoms with Crippen LogP contribution in [0.15, 0.2) is 18.2 Å². The lowest BCUT2D eigenvalue weighted by atomic mass is 9.66. The minimum absolute atomic E-state index is 0.0791. The van der Waals surface area contributed by atoms with Gasteiger partial charge in [-0.2, -0.15) is 0 Å². The monoisotopic (exact) mass is 529 g/mol. The Morgan fingerprint density at radius 3 is 2.47 bits per heavy atom. The second-order valence-electron chi connectivity index (χ2n) is 10.6. The van der Waals surface area contributed by atoms with Crippen LogP contribution in [0.1, 0.15) is 72.5 Å². The third kappa shape index (κ3) is 3.82. The molecule has 2 aliphatic rings. The molecule has 2 saturated carbocycles. The van der Waals surface area contributed by atoms with E-state index in [0.29, 0.717) is 21.8 Å². The van der Waals surface area contributed by atoms with Crippen molar-refractivity contribution in [1.29, 1.82) is 0 Å². The number of carbonyl (C=O) groups is 1. The van der Waals surface area contributed by atoms with Gasteiger partial charge in [0.25, 0.3) is 5.69 Å². The van der Waals surface area contributed by atoms with E-state index in [4.69, 9.17) is 9.47 Å². The minimum Gasteiger partial charge on any atom is -0.483 e. The summed E-state index contributed by atoms with van der Waals surface area (Å²) < 4.78 is 11.9. The van der Waals surface area contributed by atoms with Crippen molar-refractivity contribution < 1.29 is 19.2 Å². The van der Waals surface area contributed by atoms with Gasteiger partial charge in [-0.15, -0.1) is 0 Å². The van der Waals surface area contributed by atoms with Gasteiger partial charge < -0.3 is 9.47 Å². The van der Waals surface area contributed by atoms with Crippen LogP contribution in [0.5, 0.6) is 5.75 Å². The van der Waals surface area contributed by atoms with Crippen molar-refractivity contribution in [2.75, 3.05) is 4.61 Å². The summed E-state index contributed by atoms with van der Waals surface area (Å²) in [5.41, 5.74) is -0.168. The molecule has 0 heterocycles. The number of rotatable bonds is 6. The highest BCUT2D eigenvalue weighted by atomic mass is 127. The first-order valence-corrected chi connectivity index (χ1v) is 12.0. The minimum atomic E-state index is -0.718. The number of nitro benzene ring substituents is 1. The molecule has 0 radical (unpaired) electrons. The molecule has 2 unspecified atom stereocenters. The molecule has 1 aromatic carbocycles. The molecule has 0 saturated heterocycles. The molecule has 4 atom stereocenters. The van der Waals surface area contributed by atoms with Crippen LogP contribution in [-0.4, -0.2) is 15.5 Å². The molecule has 30 heavy (non-hydrogen) atoms. The number of carbonyl (C=O) groups excluding carboxylic acids is 1. The van der Waals surface area contributed by atoms with Crippen LogP contribution in [0.2, 0.25) is 0 Å². The molecule has 2 bridgehead atoms. The quantitative estimate of drug-likeness (QED) is 0.139. The maximum atomic E-state index is 13.4. The van der Waals surface area contributed by atoms with E-state index in [2.05, 4.69) is 20.8 Å². The van der Waals surface area contributed by atoms with Crippen molar-refractivity contribution in [2.24, 2.45) is 28.1 Å². The summed E-state index contributed by atoms with van der Waals surface area (Å²) >= 11 is 2.04. The van der Waals surface area contributed by atoms with E-state index in [-0.39, 0.29) is 28.4 Å². The molecule has 3 rings (SSSR count). The van der Waals surface area contributed by atoms with Crippen LogP contribution in [0.25, 0.3) is 0 Å². The number of benzene rings is 1. The number of nitrogens with zero attached hydrogens (tertiary/aromatic N) is 1. The van der Waals surface area contributed by atoms with Crippen molar-refractivity contribution in [3.05, 3.63) is 33.9 Å². The Balaban J connectivity index is 1.94. The van der Waals surface area contributed by atoms with E-state index in [1.807, 2.05) is 43.4 Å². The van der Waals surface area contributed by atoms with E-state index < -0.39 is 16.4 Å². The van der Waals surface area contributed by atoms with Crippen molar-refractivity contribution in [2.45, 2.75) is 66.9 Å². The average molecular weight is 529 g/mol. The molecular formula is C23H32INO5. The Hall–Kier alpha value is -1.38. The number of hydrogen-bond acceptors (Lipinski definition) is 5. The molecule has 2 aliphatic carbocycles. The Bertz CT molecular complexity index is 846. The third-order valence-electron chi connectivity index (χ3n) is 7.80. The van der Waals surface area contributed by atoms with Crippen LogP contribution in [0, 0.1) is 38.2 Å². The molecule has 166 valence electrons. The van der Waals surface area contributed by atoms with Crippen molar-refractivity contribution >= 4 is 34.2 Å². The van der Waals surface area contributed by atoms with Gasteiger partial charge >= 0.3 is 5.97 Å². The fourth-order valence-corrected chi connectivity index (χ4v) is 5.88. The zero-order valence-electron chi connectivity index (χ0n) is 18.7. The van der Waals surface area contributed by atoms with Crippen LogP contribution in [-0.2, 0) is 9.53 Å². The Morgan fingerprint density at radius 2 is 2.00 bits per heavy atom. The molecule has 0 spiro atoms. The fraction of sp³-hybridized carbons (Fsp3) is 0.696. The lowest BCUT2D eigenvalue weighted by molar-refractivity contribution is -0.386. The molecule has 6 nitrogen and oxygen atoms in total. The second kappa shape index (κ2) is 7.95. The van der Waals surface area contributed by atoms with Gasteiger partial charge in [0, 0.05) is 5.41 Å². The molecule has 0 amide bonds. The third-order valence-corrected chi connectivity index (χ3v) is 8.11. The maximum absolute atomic E-state index is 13.4. The summed E-state index contributed by atoms with van der Waals surface area (Å²) in [6.45, 7) is 12.5. The number of esters is 1. The lowest BCUT2D eigenvalue weighted by Crippen LogP contribution is -2.38. The highest BCUT2D eigenvalue weighted by Crippen LogP contribution is 2.68. The van der Waals surface area contributed by atoms with Gasteiger partial charge in [0.2, 0.25) is 0 Å². The topological polar surface area (TPSA) is 78.7 Å². The molecule has 2 fully saturated rings. The number of fused-ring (bicyclic) bond motifs is 2. The van der Waals surface area contributed by atoms with Crippen LogP contribution in [0.4, 0.5) is 5.69 Å². The number of hydrogen-bond donors (Lipinski definition) is 0. The predicted molar refractivity (Wildman–Crippen MR) is 124 cm³/mol. The van der Waals surface area contributed by atoms with Crippen molar-refractivity contribution in [3.63, 3.8) is 0 Å². The Labute approximate surface area is 192 Å². The number of alkyl halides is 1. The largest absolute Gasteiger partial charge is 0.483 e. The smallest absolute Gasteiger partial charge is 0.310 e. The van der Waals surface area contributed by atoms with Gasteiger partial charge in [-0.1, -0.05) is 41.5 Å². The van der Waals surface area contributed by atoms with Gasteiger partial charge in [0.05, 0.1) is 22.5 Å². The summed E-state index contributed by atoms with van der Waals surface area (Å²) in [4.78, 5) is 24.8. The summed E-state index contributed by atoms with van der Waals surface area (Å²) in [6.07, 6.45) is 2.29. The molecule has 0 aliphatic heterocycles. The van der Waals surface area contributed by atoms with Gasteiger partial charge in [-0.3, -0.25) is 14.9 Å². The van der Waals surface area contributed by atoms with Crippen LogP contribution in [0.3, 0.4) is 0 Å². The zero-order valence-corrected chi connectivity index (χ0v) is 20.8. The average Bonchev–Trinajstić information content (AvgIpc) is 2.98. The first kappa shape index (κ1) is 23.3. The SMILES string of the molecule is CC(C)(C)[C@H](OC(=O)C1CC2CC[C@]1(C)C2(C)C)c1ccc(OCI)cc1[N+](=O)[O-]. The van der Waals surface area contributed by atoms with Crippen LogP contribution >= 0.6 is 22.6 Å². The van der Waals surface area contributed by atoms with Gasteiger partial charge in [-0.05, 0) is 70.7 Å². The fourth-order valence-electron chi connectivity index (χ4n) is 5.52. The number of ether oxygens (including phenoxy) is 2. The summed E-state index contributed by atoms with van der Waals surface area (Å²) in [5.74, 6) is 0.555. The highest BCUT2D eigenvalue weighted by molar-refractivity contribution is 14.1. The van der Waals surface area contributed by atoms with Gasteiger partial charge in [0.15, 0.2) is 0 Å². The van der Waals surface area contributed by atoms with E-state index in [1.54, 1.807) is 12.1 Å². The molecule has 7 heteroatoms. The Kier molecular flexibility index (Phi) is 6.17. The predicted octanol–water partition coefficient (Wildman–Crippen LogP) is 6.46. The number of nitro groups is 1. The number of halogens is 1. The molecule has 1 aromatic rings. The Morgan fingerprint density at radius 1 is 1.33 bits per heavy atom. The van der Waals surface area contributed by atoms with Crippen LogP contribution < -0.4 is 4.74 Å². The van der Waals surface area contributed by atoms with Crippen molar-refractivity contribution in [3.8, 4) is 5.75 Å². The first-order valence-electron chi connectivity index (χ1n) is 10.5. The summed E-state index contributed by atoms with van der Waals surface area (Å²) in [6, 6.07) is 4.79. The standard InChI is InChI=1S/C23H32INO5/c1-21(2,3)19(16-8-7-15(29-13-24)12-18(16)25(27)28)30-20(26)17-11-14-9-10-23(17,6)22(14,4)5/h7-8,12,14,17,19H,9-11,13H2,1-6H3/t14?,17?,19-,23+/m1/s1. The maximum Gasteiger partial charge on any atom is 0.310 e. The second-order valence-corrected chi connectivity index (χ2v) is 11.2. The summed E-state index contributed by atoms with van der Waals surface area (Å²) in [5, 5.41) is 11.8. The normalized spacial score (nSPS) is 28.2. The van der Waals surface area contributed by atoms with Gasteiger partial charge in [-0.25, -0.2) is 0 Å². The molecule has 0 N–H and O–H groups in total. The summed E-state index contributed by atoms with van der Waals surface area (Å²) in [7, 11) is 0. The first-order chi connectivity index (χ1) is 13.8. The van der Waals surface area contributed by atoms with E-state index in [0.717, 1.165) is 19.3 Å². The van der Waals surface area contributed by atoms with E-state index in [9.17, 15) is 14.9 Å². The van der Waals surface area contributed by atoms with Crippen molar-refractivity contribution in [1.82, 2.24) is 0 Å². The zero-order chi connectivity index (χ0) is 22.5. The highest BCUT2D eigenvalue weighted by Gasteiger charge is 2.64. The van der Waals surface area contributed by atoms with E-state index in [1.165, 1.54) is 6.07 Å². The molecule has 0 aromatic heterocycles. The molecular weight excluding hydrogens is 497 g/mol.